The Morgan fingerprint density at radius 1 is 1.19 bits per heavy atom. The van der Waals surface area contributed by atoms with Gasteiger partial charge < -0.3 is 5.32 Å². The number of amides is 1. The van der Waals surface area contributed by atoms with Crippen molar-refractivity contribution in [2.24, 2.45) is 0 Å². The van der Waals surface area contributed by atoms with Gasteiger partial charge in [-0.2, -0.15) is 0 Å². The summed E-state index contributed by atoms with van der Waals surface area (Å²) in [6, 6.07) is 8.45. The van der Waals surface area contributed by atoms with Gasteiger partial charge in [-0.15, -0.1) is 11.3 Å². The maximum absolute atomic E-state index is 13.6. The summed E-state index contributed by atoms with van der Waals surface area (Å²) in [5.41, 5.74) is 0.712. The van der Waals surface area contributed by atoms with Crippen LogP contribution in [0, 0.1) is 18.6 Å². The monoisotopic (exact) mass is 304 g/mol. The number of thiazole rings is 1. The number of carbonyl (C=O) groups is 1. The highest BCUT2D eigenvalue weighted by Gasteiger charge is 2.17. The van der Waals surface area contributed by atoms with E-state index in [0.29, 0.717) is 5.69 Å². The third-order valence-corrected chi connectivity index (χ3v) is 3.88. The highest BCUT2D eigenvalue weighted by Crippen LogP contribution is 2.25. The van der Waals surface area contributed by atoms with Crippen LogP contribution in [0.2, 0.25) is 0 Å². The molecule has 0 aliphatic carbocycles. The zero-order valence-electron chi connectivity index (χ0n) is 11.0. The Bertz CT molecular complexity index is 825. The van der Waals surface area contributed by atoms with E-state index in [1.807, 2.05) is 6.92 Å². The molecule has 6 heteroatoms. The topological polar surface area (TPSA) is 42.0 Å². The predicted molar refractivity (Wildman–Crippen MR) is 78.7 cm³/mol. The van der Waals surface area contributed by atoms with Crippen molar-refractivity contribution < 1.29 is 13.6 Å². The molecule has 3 rings (SSSR count). The molecule has 3 nitrogen and oxygen atoms in total. The summed E-state index contributed by atoms with van der Waals surface area (Å²) in [5.74, 6) is -2.59. The number of nitrogens with one attached hydrogen (secondary N) is 1. The van der Waals surface area contributed by atoms with E-state index < -0.39 is 23.1 Å². The van der Waals surface area contributed by atoms with Crippen molar-refractivity contribution >= 4 is 33.1 Å². The minimum absolute atomic E-state index is 0.471. The molecule has 3 aromatic rings. The summed E-state index contributed by atoms with van der Waals surface area (Å²) in [5, 5.41) is 3.41. The second-order valence-corrected chi connectivity index (χ2v) is 5.70. The molecule has 1 aromatic heterocycles. The Kier molecular flexibility index (Phi) is 3.39. The van der Waals surface area contributed by atoms with Crippen LogP contribution in [-0.2, 0) is 0 Å². The van der Waals surface area contributed by atoms with E-state index in [2.05, 4.69) is 10.3 Å². The summed E-state index contributed by atoms with van der Waals surface area (Å²) in [6.07, 6.45) is 0. The number of hydrogen-bond donors (Lipinski definition) is 1. The van der Waals surface area contributed by atoms with Crippen molar-refractivity contribution in [3.8, 4) is 0 Å². The Balaban J connectivity index is 1.92. The van der Waals surface area contributed by atoms with Crippen LogP contribution < -0.4 is 5.32 Å². The van der Waals surface area contributed by atoms with Gasteiger partial charge in [-0.1, -0.05) is 6.07 Å². The van der Waals surface area contributed by atoms with Crippen LogP contribution in [0.25, 0.3) is 10.2 Å². The molecule has 0 saturated carbocycles. The van der Waals surface area contributed by atoms with E-state index >= 15 is 0 Å². The number of anilines is 1. The molecule has 1 N–H and O–H groups in total. The molecule has 0 fully saturated rings. The molecule has 0 unspecified atom stereocenters. The minimum Gasteiger partial charge on any atom is -0.322 e. The molecule has 0 aliphatic rings. The van der Waals surface area contributed by atoms with Crippen molar-refractivity contribution in [3.63, 3.8) is 0 Å². The number of hydrogen-bond acceptors (Lipinski definition) is 3. The minimum atomic E-state index is -0.887. The summed E-state index contributed by atoms with van der Waals surface area (Å²) >= 11 is 1.48. The third-order valence-electron chi connectivity index (χ3n) is 2.94. The first-order valence-electron chi connectivity index (χ1n) is 6.17. The number of aryl methyl sites for hydroxylation is 1. The highest BCUT2D eigenvalue weighted by molar-refractivity contribution is 7.18. The quantitative estimate of drug-likeness (QED) is 0.773. The number of carbonyl (C=O) groups excluding carboxylic acids is 1. The number of rotatable bonds is 2. The predicted octanol–water partition coefficient (Wildman–Crippen LogP) is 4.14. The fourth-order valence-electron chi connectivity index (χ4n) is 2.03. The molecular weight excluding hydrogens is 294 g/mol. The van der Waals surface area contributed by atoms with Crippen LogP contribution in [0.4, 0.5) is 14.5 Å². The molecule has 1 heterocycles. The van der Waals surface area contributed by atoms with E-state index in [4.69, 9.17) is 0 Å². The molecular formula is C15H10F2N2OS. The average molecular weight is 304 g/mol. The summed E-state index contributed by atoms with van der Waals surface area (Å²) in [7, 11) is 0. The largest absolute Gasteiger partial charge is 0.322 e. The normalized spacial score (nSPS) is 10.8. The number of fused-ring (bicyclic) bond motifs is 1. The van der Waals surface area contributed by atoms with E-state index in [1.165, 1.54) is 17.4 Å². The molecule has 0 atom stereocenters. The molecule has 0 saturated heterocycles. The number of nitrogens with zero attached hydrogens (tertiary/aromatic N) is 1. The van der Waals surface area contributed by atoms with Crippen LogP contribution in [0.5, 0.6) is 0 Å². The zero-order valence-corrected chi connectivity index (χ0v) is 11.8. The average Bonchev–Trinajstić information content (AvgIpc) is 2.77. The van der Waals surface area contributed by atoms with Crippen molar-refractivity contribution in [1.29, 1.82) is 0 Å². The van der Waals surface area contributed by atoms with Crippen LogP contribution >= 0.6 is 11.3 Å². The van der Waals surface area contributed by atoms with Gasteiger partial charge in [0.25, 0.3) is 5.91 Å². The van der Waals surface area contributed by atoms with Crippen LogP contribution in [0.3, 0.4) is 0 Å². The molecule has 0 radical (unpaired) electrons. The maximum Gasteiger partial charge on any atom is 0.261 e. The lowest BCUT2D eigenvalue weighted by atomic mass is 10.1. The van der Waals surface area contributed by atoms with Crippen molar-refractivity contribution in [2.45, 2.75) is 6.92 Å². The molecule has 2 aromatic carbocycles. The van der Waals surface area contributed by atoms with Gasteiger partial charge in [-0.25, -0.2) is 13.8 Å². The van der Waals surface area contributed by atoms with E-state index in [9.17, 15) is 13.6 Å². The first kappa shape index (κ1) is 13.6. The van der Waals surface area contributed by atoms with Gasteiger partial charge in [0, 0.05) is 5.69 Å². The SMILES string of the molecule is Cc1nc2ccc(NC(=O)c3c(F)cccc3F)cc2s1. The molecule has 106 valence electrons. The zero-order chi connectivity index (χ0) is 15.0. The summed E-state index contributed by atoms with van der Waals surface area (Å²) in [4.78, 5) is 16.3. The van der Waals surface area contributed by atoms with Gasteiger partial charge in [0.15, 0.2) is 0 Å². The highest BCUT2D eigenvalue weighted by atomic mass is 32.1. The van der Waals surface area contributed by atoms with Gasteiger partial charge in [0.2, 0.25) is 0 Å². The molecule has 0 spiro atoms. The van der Waals surface area contributed by atoms with Crippen molar-refractivity contribution in [1.82, 2.24) is 4.98 Å². The fourth-order valence-corrected chi connectivity index (χ4v) is 2.89. The second kappa shape index (κ2) is 5.21. The summed E-state index contributed by atoms with van der Waals surface area (Å²) < 4.78 is 28.0. The number of halogens is 2. The van der Waals surface area contributed by atoms with E-state index in [-0.39, 0.29) is 0 Å². The summed E-state index contributed by atoms with van der Waals surface area (Å²) in [6.45, 7) is 1.89. The Morgan fingerprint density at radius 2 is 1.90 bits per heavy atom. The van der Waals surface area contributed by atoms with E-state index in [1.54, 1.807) is 18.2 Å². The smallest absolute Gasteiger partial charge is 0.261 e. The lowest BCUT2D eigenvalue weighted by Crippen LogP contribution is -2.15. The standard InChI is InChI=1S/C15H10F2N2OS/c1-8-18-12-6-5-9(7-13(12)21-8)19-15(20)14-10(16)3-2-4-11(14)17/h2-7H,1H3,(H,19,20). The van der Waals surface area contributed by atoms with Gasteiger partial charge in [0.1, 0.15) is 17.2 Å². The van der Waals surface area contributed by atoms with Gasteiger partial charge in [-0.3, -0.25) is 4.79 Å². The first-order chi connectivity index (χ1) is 10.0. The molecule has 21 heavy (non-hydrogen) atoms. The van der Waals surface area contributed by atoms with Crippen LogP contribution in [0.15, 0.2) is 36.4 Å². The number of benzene rings is 2. The van der Waals surface area contributed by atoms with E-state index in [0.717, 1.165) is 27.4 Å². The van der Waals surface area contributed by atoms with Crippen molar-refractivity contribution in [3.05, 3.63) is 58.6 Å². The maximum atomic E-state index is 13.6. The Hall–Kier alpha value is -2.34. The van der Waals surface area contributed by atoms with Crippen LogP contribution in [-0.4, -0.2) is 10.9 Å². The first-order valence-corrected chi connectivity index (χ1v) is 6.99. The van der Waals surface area contributed by atoms with Gasteiger partial charge >= 0.3 is 0 Å². The van der Waals surface area contributed by atoms with Crippen LogP contribution in [0.1, 0.15) is 15.4 Å². The number of aromatic nitrogens is 1. The Morgan fingerprint density at radius 3 is 2.62 bits per heavy atom. The van der Waals surface area contributed by atoms with Gasteiger partial charge in [0.05, 0.1) is 15.2 Å². The third kappa shape index (κ3) is 2.62. The lowest BCUT2D eigenvalue weighted by Gasteiger charge is -2.07. The van der Waals surface area contributed by atoms with Crippen molar-refractivity contribution in [2.75, 3.05) is 5.32 Å². The Labute approximate surface area is 123 Å². The molecule has 0 bridgehead atoms. The van der Waals surface area contributed by atoms with Gasteiger partial charge in [-0.05, 0) is 37.3 Å². The molecule has 1 amide bonds. The fraction of sp³-hybridized carbons (Fsp3) is 0.0667. The second-order valence-electron chi connectivity index (χ2n) is 4.47. The molecule has 0 aliphatic heterocycles. The lowest BCUT2D eigenvalue weighted by molar-refractivity contribution is 0.101.